The fourth-order valence-electron chi connectivity index (χ4n) is 2.95. The molecule has 18 heavy (non-hydrogen) atoms. The molecule has 0 aromatic carbocycles. The van der Waals surface area contributed by atoms with Gasteiger partial charge in [-0.25, -0.2) is 0 Å². The SMILES string of the molecule is CN(CCCC1CCCO1)CC1(O)CCOCC1. The summed E-state index contributed by atoms with van der Waals surface area (Å²) in [4.78, 5) is 2.25. The number of hydrogen-bond acceptors (Lipinski definition) is 4. The Hall–Kier alpha value is -0.160. The predicted molar refractivity (Wildman–Crippen MR) is 70.7 cm³/mol. The van der Waals surface area contributed by atoms with E-state index in [2.05, 4.69) is 11.9 Å². The van der Waals surface area contributed by atoms with Crippen LogP contribution >= 0.6 is 0 Å². The van der Waals surface area contributed by atoms with E-state index in [0.29, 0.717) is 19.3 Å². The van der Waals surface area contributed by atoms with Gasteiger partial charge in [0.1, 0.15) is 0 Å². The van der Waals surface area contributed by atoms with Gasteiger partial charge in [0.2, 0.25) is 0 Å². The Morgan fingerprint density at radius 1 is 1.28 bits per heavy atom. The molecule has 0 saturated carbocycles. The largest absolute Gasteiger partial charge is 0.388 e. The molecule has 1 atom stereocenters. The van der Waals surface area contributed by atoms with Crippen molar-refractivity contribution in [2.24, 2.45) is 0 Å². The molecule has 0 aromatic heterocycles. The summed E-state index contributed by atoms with van der Waals surface area (Å²) in [7, 11) is 2.10. The Labute approximate surface area is 110 Å². The Balaban J connectivity index is 1.60. The number of hydrogen-bond donors (Lipinski definition) is 1. The summed E-state index contributed by atoms with van der Waals surface area (Å²) in [5.74, 6) is 0. The van der Waals surface area contributed by atoms with E-state index in [-0.39, 0.29) is 0 Å². The van der Waals surface area contributed by atoms with Crippen molar-refractivity contribution in [3.63, 3.8) is 0 Å². The highest BCUT2D eigenvalue weighted by molar-refractivity contribution is 4.84. The maximum absolute atomic E-state index is 10.4. The van der Waals surface area contributed by atoms with Crippen molar-refractivity contribution < 1.29 is 14.6 Å². The Kier molecular flexibility index (Phi) is 5.42. The van der Waals surface area contributed by atoms with Crippen LogP contribution in [0.3, 0.4) is 0 Å². The molecule has 2 rings (SSSR count). The molecule has 1 N–H and O–H groups in total. The lowest BCUT2D eigenvalue weighted by molar-refractivity contribution is -0.0770. The molecule has 0 aromatic rings. The van der Waals surface area contributed by atoms with Crippen molar-refractivity contribution in [3.8, 4) is 0 Å². The number of ether oxygens (including phenoxy) is 2. The fraction of sp³-hybridized carbons (Fsp3) is 1.00. The Morgan fingerprint density at radius 2 is 2.06 bits per heavy atom. The summed E-state index contributed by atoms with van der Waals surface area (Å²) in [6.45, 7) is 4.14. The van der Waals surface area contributed by atoms with Crippen molar-refractivity contribution >= 4 is 0 Å². The van der Waals surface area contributed by atoms with Crippen LogP contribution in [0.15, 0.2) is 0 Å². The van der Waals surface area contributed by atoms with Crippen molar-refractivity contribution in [1.29, 1.82) is 0 Å². The monoisotopic (exact) mass is 257 g/mol. The summed E-state index contributed by atoms with van der Waals surface area (Å²) in [5.41, 5.74) is -0.531. The van der Waals surface area contributed by atoms with E-state index in [4.69, 9.17) is 9.47 Å². The van der Waals surface area contributed by atoms with E-state index >= 15 is 0 Å². The third-order valence-electron chi connectivity index (χ3n) is 4.08. The van der Waals surface area contributed by atoms with Crippen LogP contribution in [0.4, 0.5) is 0 Å². The molecular formula is C14H27NO3. The third kappa shape index (κ3) is 4.50. The van der Waals surface area contributed by atoms with Crippen LogP contribution < -0.4 is 0 Å². The average molecular weight is 257 g/mol. The minimum absolute atomic E-state index is 0.490. The van der Waals surface area contributed by atoms with Gasteiger partial charge >= 0.3 is 0 Å². The van der Waals surface area contributed by atoms with Crippen LogP contribution in [0.2, 0.25) is 0 Å². The molecule has 1 unspecified atom stereocenters. The first-order valence-electron chi connectivity index (χ1n) is 7.28. The van der Waals surface area contributed by atoms with E-state index in [1.165, 1.54) is 12.8 Å². The third-order valence-corrected chi connectivity index (χ3v) is 4.08. The van der Waals surface area contributed by atoms with Crippen LogP contribution in [0, 0.1) is 0 Å². The second-order valence-corrected chi connectivity index (χ2v) is 5.85. The molecule has 0 radical (unpaired) electrons. The molecule has 4 nitrogen and oxygen atoms in total. The van der Waals surface area contributed by atoms with Gasteiger partial charge in [-0.3, -0.25) is 0 Å². The zero-order valence-electron chi connectivity index (χ0n) is 11.6. The summed E-state index contributed by atoms with van der Waals surface area (Å²) >= 11 is 0. The van der Waals surface area contributed by atoms with Gasteiger partial charge in [-0.1, -0.05) is 0 Å². The van der Waals surface area contributed by atoms with E-state index in [1.807, 2.05) is 0 Å². The Morgan fingerprint density at radius 3 is 2.72 bits per heavy atom. The quantitative estimate of drug-likeness (QED) is 0.781. The maximum Gasteiger partial charge on any atom is 0.0817 e. The molecule has 106 valence electrons. The number of rotatable bonds is 6. The Bertz CT molecular complexity index is 235. The van der Waals surface area contributed by atoms with Crippen LogP contribution in [0.25, 0.3) is 0 Å². The highest BCUT2D eigenvalue weighted by Crippen LogP contribution is 2.22. The second-order valence-electron chi connectivity index (χ2n) is 5.85. The van der Waals surface area contributed by atoms with Gasteiger partial charge in [-0.05, 0) is 39.3 Å². The molecule has 2 saturated heterocycles. The number of nitrogens with zero attached hydrogens (tertiary/aromatic N) is 1. The molecule has 2 fully saturated rings. The van der Waals surface area contributed by atoms with E-state index in [0.717, 1.165) is 45.4 Å². The molecule has 0 amide bonds. The summed E-state index contributed by atoms with van der Waals surface area (Å²) in [6, 6.07) is 0. The molecular weight excluding hydrogens is 230 g/mol. The molecule has 2 heterocycles. The van der Waals surface area contributed by atoms with Crippen molar-refractivity contribution in [2.75, 3.05) is 40.0 Å². The predicted octanol–water partition coefficient (Wildman–Crippen LogP) is 1.42. The van der Waals surface area contributed by atoms with Gasteiger partial charge in [-0.15, -0.1) is 0 Å². The normalized spacial score (nSPS) is 27.8. The standard InChI is InChI=1S/C14H27NO3/c1-15(8-2-4-13-5-3-9-18-13)12-14(16)6-10-17-11-7-14/h13,16H,2-12H2,1H3. The lowest BCUT2D eigenvalue weighted by Gasteiger charge is -2.35. The van der Waals surface area contributed by atoms with Gasteiger partial charge < -0.3 is 19.5 Å². The van der Waals surface area contributed by atoms with E-state index < -0.39 is 5.60 Å². The smallest absolute Gasteiger partial charge is 0.0817 e. The van der Waals surface area contributed by atoms with Crippen molar-refractivity contribution in [2.45, 2.75) is 50.2 Å². The average Bonchev–Trinajstić information content (AvgIpc) is 2.82. The van der Waals surface area contributed by atoms with Gasteiger partial charge in [0.05, 0.1) is 11.7 Å². The van der Waals surface area contributed by atoms with E-state index in [1.54, 1.807) is 0 Å². The lowest BCUT2D eigenvalue weighted by Crippen LogP contribution is -2.45. The minimum Gasteiger partial charge on any atom is -0.388 e. The zero-order valence-corrected chi connectivity index (χ0v) is 11.6. The van der Waals surface area contributed by atoms with Crippen molar-refractivity contribution in [1.82, 2.24) is 4.90 Å². The lowest BCUT2D eigenvalue weighted by atomic mass is 9.94. The molecule has 0 aliphatic carbocycles. The molecule has 4 heteroatoms. The van der Waals surface area contributed by atoms with E-state index in [9.17, 15) is 5.11 Å². The summed E-state index contributed by atoms with van der Waals surface area (Å²) in [5, 5.41) is 10.4. The number of aliphatic hydroxyl groups is 1. The second kappa shape index (κ2) is 6.85. The summed E-state index contributed by atoms with van der Waals surface area (Å²) in [6.07, 6.45) is 6.79. The first-order chi connectivity index (χ1) is 8.68. The summed E-state index contributed by atoms with van der Waals surface area (Å²) < 4.78 is 10.9. The van der Waals surface area contributed by atoms with Gasteiger partial charge in [0, 0.05) is 39.2 Å². The zero-order chi connectivity index (χ0) is 12.8. The fourth-order valence-corrected chi connectivity index (χ4v) is 2.95. The minimum atomic E-state index is -0.531. The molecule has 0 spiro atoms. The van der Waals surface area contributed by atoms with Gasteiger partial charge in [0.25, 0.3) is 0 Å². The number of likely N-dealkylation sites (N-methyl/N-ethyl adjacent to an activating group) is 1. The maximum atomic E-state index is 10.4. The molecule has 2 aliphatic heterocycles. The van der Waals surface area contributed by atoms with Crippen molar-refractivity contribution in [3.05, 3.63) is 0 Å². The topological polar surface area (TPSA) is 41.9 Å². The van der Waals surface area contributed by atoms with Gasteiger partial charge in [0.15, 0.2) is 0 Å². The van der Waals surface area contributed by atoms with Gasteiger partial charge in [-0.2, -0.15) is 0 Å². The van der Waals surface area contributed by atoms with Crippen LogP contribution in [0.5, 0.6) is 0 Å². The van der Waals surface area contributed by atoms with Crippen LogP contribution in [-0.2, 0) is 9.47 Å². The molecule has 2 aliphatic rings. The van der Waals surface area contributed by atoms with Crippen LogP contribution in [-0.4, -0.2) is 61.7 Å². The highest BCUT2D eigenvalue weighted by Gasteiger charge is 2.30. The highest BCUT2D eigenvalue weighted by atomic mass is 16.5. The van der Waals surface area contributed by atoms with Crippen LogP contribution in [0.1, 0.15) is 38.5 Å². The molecule has 0 bridgehead atoms. The first kappa shape index (κ1) is 14.3. The first-order valence-corrected chi connectivity index (χ1v) is 7.28.